The van der Waals surface area contributed by atoms with E-state index in [1.165, 1.54) is 22.8 Å². The number of halogens is 1. The SMILES string of the molecule is CC1CC1(CCl)Cc1cnns1. The van der Waals surface area contributed by atoms with E-state index < -0.39 is 0 Å². The van der Waals surface area contributed by atoms with Crippen LogP contribution in [-0.4, -0.2) is 15.5 Å². The largest absolute Gasteiger partial charge is 0.146 e. The number of hydrogen-bond donors (Lipinski definition) is 0. The zero-order chi connectivity index (χ0) is 8.60. The lowest BCUT2D eigenvalue weighted by Crippen LogP contribution is -2.08. The Morgan fingerprint density at radius 1 is 1.83 bits per heavy atom. The molecule has 1 aliphatic rings. The zero-order valence-corrected chi connectivity index (χ0v) is 8.53. The van der Waals surface area contributed by atoms with Gasteiger partial charge in [0.05, 0.1) is 6.20 Å². The second-order valence-corrected chi connectivity index (χ2v) is 4.80. The molecule has 0 spiro atoms. The van der Waals surface area contributed by atoms with Crippen molar-refractivity contribution >= 4 is 23.1 Å². The molecule has 2 nitrogen and oxygen atoms in total. The number of hydrogen-bond acceptors (Lipinski definition) is 3. The first kappa shape index (κ1) is 8.45. The van der Waals surface area contributed by atoms with Gasteiger partial charge in [-0.25, -0.2) is 0 Å². The van der Waals surface area contributed by atoms with Gasteiger partial charge in [-0.05, 0) is 35.7 Å². The van der Waals surface area contributed by atoms with Crippen LogP contribution in [0, 0.1) is 11.3 Å². The van der Waals surface area contributed by atoms with E-state index in [4.69, 9.17) is 11.6 Å². The fraction of sp³-hybridized carbons (Fsp3) is 0.750. The maximum Gasteiger partial charge on any atom is 0.0653 e. The van der Waals surface area contributed by atoms with Crippen molar-refractivity contribution < 1.29 is 0 Å². The Hall–Kier alpha value is -0.150. The predicted molar refractivity (Wildman–Crippen MR) is 50.5 cm³/mol. The summed E-state index contributed by atoms with van der Waals surface area (Å²) in [6.07, 6.45) is 4.17. The van der Waals surface area contributed by atoms with E-state index in [-0.39, 0.29) is 0 Å². The van der Waals surface area contributed by atoms with Crippen LogP contribution in [0.3, 0.4) is 0 Å². The van der Waals surface area contributed by atoms with E-state index >= 15 is 0 Å². The topological polar surface area (TPSA) is 25.8 Å². The van der Waals surface area contributed by atoms with Gasteiger partial charge >= 0.3 is 0 Å². The smallest absolute Gasteiger partial charge is 0.0653 e. The Bertz CT molecular complexity index is 258. The average Bonchev–Trinajstić information content (AvgIpc) is 2.51. The lowest BCUT2D eigenvalue weighted by Gasteiger charge is -2.09. The van der Waals surface area contributed by atoms with Crippen LogP contribution in [-0.2, 0) is 6.42 Å². The van der Waals surface area contributed by atoms with Crippen molar-refractivity contribution in [1.82, 2.24) is 9.59 Å². The van der Waals surface area contributed by atoms with Crippen molar-refractivity contribution in [2.24, 2.45) is 11.3 Å². The average molecular weight is 203 g/mol. The van der Waals surface area contributed by atoms with Crippen LogP contribution in [0.15, 0.2) is 6.20 Å². The molecule has 4 heteroatoms. The minimum atomic E-state index is 0.371. The van der Waals surface area contributed by atoms with Crippen molar-refractivity contribution in [2.75, 3.05) is 5.88 Å². The molecule has 2 atom stereocenters. The van der Waals surface area contributed by atoms with E-state index in [9.17, 15) is 0 Å². The first-order valence-electron chi connectivity index (χ1n) is 4.09. The van der Waals surface area contributed by atoms with E-state index in [1.807, 2.05) is 6.20 Å². The highest BCUT2D eigenvalue weighted by molar-refractivity contribution is 7.05. The summed E-state index contributed by atoms with van der Waals surface area (Å²) in [5, 5.41) is 3.82. The van der Waals surface area contributed by atoms with E-state index in [1.54, 1.807) is 0 Å². The molecule has 2 unspecified atom stereocenters. The molecule has 66 valence electrons. The molecule has 1 fully saturated rings. The van der Waals surface area contributed by atoms with Crippen LogP contribution in [0.1, 0.15) is 18.2 Å². The molecule has 1 aromatic heterocycles. The fourth-order valence-electron chi connectivity index (χ4n) is 1.64. The van der Waals surface area contributed by atoms with Crippen molar-refractivity contribution in [3.8, 4) is 0 Å². The Labute approximate surface area is 81.1 Å². The van der Waals surface area contributed by atoms with Gasteiger partial charge in [-0.1, -0.05) is 11.4 Å². The maximum atomic E-state index is 5.93. The van der Waals surface area contributed by atoms with Crippen molar-refractivity contribution in [3.05, 3.63) is 11.1 Å². The lowest BCUT2D eigenvalue weighted by atomic mass is 10.0. The molecule has 0 aromatic carbocycles. The van der Waals surface area contributed by atoms with Gasteiger partial charge in [-0.3, -0.25) is 0 Å². The summed E-state index contributed by atoms with van der Waals surface area (Å²) in [5.74, 6) is 1.54. The van der Waals surface area contributed by atoms with E-state index in [2.05, 4.69) is 16.5 Å². The van der Waals surface area contributed by atoms with Gasteiger partial charge in [-0.2, -0.15) is 0 Å². The molecule has 1 saturated carbocycles. The Balaban J connectivity index is 2.04. The number of alkyl halides is 1. The highest BCUT2D eigenvalue weighted by atomic mass is 35.5. The third-order valence-corrected chi connectivity index (χ3v) is 3.99. The minimum Gasteiger partial charge on any atom is -0.146 e. The van der Waals surface area contributed by atoms with Crippen LogP contribution in [0.2, 0.25) is 0 Å². The number of nitrogens with zero attached hydrogens (tertiary/aromatic N) is 2. The molecule has 1 heterocycles. The molecule has 1 aliphatic carbocycles. The van der Waals surface area contributed by atoms with E-state index in [0.717, 1.165) is 18.2 Å². The summed E-state index contributed by atoms with van der Waals surface area (Å²) in [6.45, 7) is 2.26. The maximum absolute atomic E-state index is 5.93. The second kappa shape index (κ2) is 2.96. The van der Waals surface area contributed by atoms with Crippen LogP contribution < -0.4 is 0 Å². The van der Waals surface area contributed by atoms with Crippen LogP contribution in [0.4, 0.5) is 0 Å². The Kier molecular flexibility index (Phi) is 2.09. The van der Waals surface area contributed by atoms with Gasteiger partial charge in [0.1, 0.15) is 0 Å². The molecule has 1 aromatic rings. The lowest BCUT2D eigenvalue weighted by molar-refractivity contribution is 0.529. The minimum absolute atomic E-state index is 0.371. The molecule has 12 heavy (non-hydrogen) atoms. The molecule has 2 rings (SSSR count). The molecule has 0 bridgehead atoms. The summed E-state index contributed by atoms with van der Waals surface area (Å²) in [4.78, 5) is 1.26. The monoisotopic (exact) mass is 202 g/mol. The van der Waals surface area contributed by atoms with Gasteiger partial charge < -0.3 is 0 Å². The quantitative estimate of drug-likeness (QED) is 0.704. The first-order valence-corrected chi connectivity index (χ1v) is 5.40. The molecule has 0 aliphatic heterocycles. The van der Waals surface area contributed by atoms with Gasteiger partial charge in [0.2, 0.25) is 0 Å². The Morgan fingerprint density at radius 3 is 3.00 bits per heavy atom. The number of rotatable bonds is 3. The molecule has 0 N–H and O–H groups in total. The second-order valence-electron chi connectivity index (χ2n) is 3.66. The summed E-state index contributed by atoms with van der Waals surface area (Å²) < 4.78 is 3.84. The van der Waals surface area contributed by atoms with Gasteiger partial charge in [0.25, 0.3) is 0 Å². The van der Waals surface area contributed by atoms with Crippen molar-refractivity contribution in [3.63, 3.8) is 0 Å². The number of aromatic nitrogens is 2. The van der Waals surface area contributed by atoms with Gasteiger partial charge in [0.15, 0.2) is 0 Å². The van der Waals surface area contributed by atoms with Crippen LogP contribution >= 0.6 is 23.1 Å². The van der Waals surface area contributed by atoms with Gasteiger partial charge in [-0.15, -0.1) is 16.7 Å². The molecule has 0 saturated heterocycles. The van der Waals surface area contributed by atoms with Crippen LogP contribution in [0.5, 0.6) is 0 Å². The summed E-state index contributed by atoms with van der Waals surface area (Å²) in [6, 6.07) is 0. The summed E-state index contributed by atoms with van der Waals surface area (Å²) in [5.41, 5.74) is 0.371. The third kappa shape index (κ3) is 1.36. The van der Waals surface area contributed by atoms with Crippen LogP contribution in [0.25, 0.3) is 0 Å². The first-order chi connectivity index (χ1) is 5.77. The summed E-state index contributed by atoms with van der Waals surface area (Å²) in [7, 11) is 0. The van der Waals surface area contributed by atoms with E-state index in [0.29, 0.717) is 5.41 Å². The normalized spacial score (nSPS) is 33.7. The predicted octanol–water partition coefficient (Wildman–Crippen LogP) is 2.35. The highest BCUT2D eigenvalue weighted by Gasteiger charge is 2.50. The molecule has 0 amide bonds. The van der Waals surface area contributed by atoms with Gasteiger partial charge in [0, 0.05) is 10.8 Å². The standard InChI is InChI=1S/C8H11ClN2S/c1-6-2-8(6,5-9)3-7-4-10-11-12-7/h4,6H,2-3,5H2,1H3. The Morgan fingerprint density at radius 2 is 2.58 bits per heavy atom. The molecular weight excluding hydrogens is 192 g/mol. The molecule has 0 radical (unpaired) electrons. The third-order valence-electron chi connectivity index (χ3n) is 2.80. The fourth-order valence-corrected chi connectivity index (χ4v) is 2.76. The van der Waals surface area contributed by atoms with Crippen molar-refractivity contribution in [2.45, 2.75) is 19.8 Å². The zero-order valence-electron chi connectivity index (χ0n) is 6.96. The van der Waals surface area contributed by atoms with Crippen molar-refractivity contribution in [1.29, 1.82) is 0 Å². The molecular formula is C8H11ClN2S. The highest BCUT2D eigenvalue weighted by Crippen LogP contribution is 2.55. The summed E-state index contributed by atoms with van der Waals surface area (Å²) >= 11 is 7.42.